The fourth-order valence-electron chi connectivity index (χ4n) is 0.878. The van der Waals surface area contributed by atoms with Crippen LogP contribution in [0.2, 0.25) is 0 Å². The number of hydrogen-bond acceptors (Lipinski definition) is 2. The Morgan fingerprint density at radius 3 is 2.57 bits per heavy atom. The largest absolute Gasteiger partial charge is 0.497 e. The molecule has 0 spiro atoms. The molecule has 0 aromatic heterocycles. The van der Waals surface area contributed by atoms with Crippen molar-refractivity contribution in [3.8, 4) is 11.5 Å². The second kappa shape index (κ2) is 4.74. The van der Waals surface area contributed by atoms with Crippen LogP contribution in [0.4, 0.5) is 13.2 Å². The van der Waals surface area contributed by atoms with Crippen LogP contribution in [0.25, 0.3) is 0 Å². The summed E-state index contributed by atoms with van der Waals surface area (Å²) in [6.07, 6.45) is -2.61. The van der Waals surface area contributed by atoms with Gasteiger partial charge in [0.15, 0.2) is 11.6 Å². The van der Waals surface area contributed by atoms with Gasteiger partial charge < -0.3 is 9.47 Å². The van der Waals surface area contributed by atoms with Gasteiger partial charge in [0.2, 0.25) is 0 Å². The molecule has 0 aliphatic rings. The van der Waals surface area contributed by atoms with Crippen molar-refractivity contribution in [2.24, 2.45) is 0 Å². The van der Waals surface area contributed by atoms with E-state index in [0.717, 1.165) is 6.07 Å². The summed E-state index contributed by atoms with van der Waals surface area (Å²) in [7, 11) is 1.38. The highest BCUT2D eigenvalue weighted by molar-refractivity contribution is 5.32. The van der Waals surface area contributed by atoms with Crippen LogP contribution >= 0.6 is 0 Å². The Labute approximate surface area is 79.2 Å². The van der Waals surface area contributed by atoms with Crippen molar-refractivity contribution in [1.82, 2.24) is 0 Å². The Bertz CT molecular complexity index is 302. The Balaban J connectivity index is 2.69. The lowest BCUT2D eigenvalue weighted by atomic mass is 10.3. The highest BCUT2D eigenvalue weighted by atomic mass is 19.3. The van der Waals surface area contributed by atoms with E-state index in [1.165, 1.54) is 19.2 Å². The van der Waals surface area contributed by atoms with Gasteiger partial charge in [0.05, 0.1) is 7.11 Å². The van der Waals surface area contributed by atoms with Gasteiger partial charge in [0.25, 0.3) is 6.43 Å². The molecule has 0 heterocycles. The van der Waals surface area contributed by atoms with Gasteiger partial charge in [-0.3, -0.25) is 0 Å². The van der Waals surface area contributed by atoms with Crippen molar-refractivity contribution in [2.45, 2.75) is 6.43 Å². The molecule has 2 nitrogen and oxygen atoms in total. The lowest BCUT2D eigenvalue weighted by Gasteiger charge is -2.07. The molecule has 1 aromatic rings. The summed E-state index contributed by atoms with van der Waals surface area (Å²) < 4.78 is 45.7. The smallest absolute Gasteiger partial charge is 0.272 e. The third-order valence-corrected chi connectivity index (χ3v) is 1.50. The van der Waals surface area contributed by atoms with Crippen molar-refractivity contribution in [2.75, 3.05) is 13.7 Å². The van der Waals surface area contributed by atoms with Gasteiger partial charge in [-0.2, -0.15) is 0 Å². The molecule has 0 unspecified atom stereocenters. The molecule has 0 saturated heterocycles. The van der Waals surface area contributed by atoms with Crippen molar-refractivity contribution in [1.29, 1.82) is 0 Å². The van der Waals surface area contributed by atoms with E-state index in [4.69, 9.17) is 4.74 Å². The number of hydrogen-bond donors (Lipinski definition) is 0. The van der Waals surface area contributed by atoms with Crippen LogP contribution in [-0.2, 0) is 0 Å². The first-order chi connectivity index (χ1) is 6.63. The van der Waals surface area contributed by atoms with Crippen LogP contribution in [0.5, 0.6) is 11.5 Å². The minimum absolute atomic E-state index is 0.203. The van der Waals surface area contributed by atoms with Gasteiger partial charge in [-0.15, -0.1) is 0 Å². The zero-order valence-corrected chi connectivity index (χ0v) is 7.47. The standard InChI is InChI=1S/C9H9F3O2/c1-13-6-2-3-8(7(10)4-6)14-5-9(11)12/h2-4,9H,5H2,1H3. The van der Waals surface area contributed by atoms with Crippen molar-refractivity contribution >= 4 is 0 Å². The number of halogens is 3. The predicted octanol–water partition coefficient (Wildman–Crippen LogP) is 2.48. The first-order valence-electron chi connectivity index (χ1n) is 3.88. The van der Waals surface area contributed by atoms with Crippen LogP contribution in [0.1, 0.15) is 0 Å². The maximum atomic E-state index is 13.0. The molecule has 14 heavy (non-hydrogen) atoms. The molecule has 0 fully saturated rings. The van der Waals surface area contributed by atoms with Gasteiger partial charge in [0.1, 0.15) is 12.4 Å². The summed E-state index contributed by atoms with van der Waals surface area (Å²) in [5.41, 5.74) is 0. The number of rotatable bonds is 4. The topological polar surface area (TPSA) is 18.5 Å². The highest BCUT2D eigenvalue weighted by Gasteiger charge is 2.08. The number of methoxy groups -OCH3 is 1. The molecule has 0 aliphatic carbocycles. The quantitative estimate of drug-likeness (QED) is 0.753. The van der Waals surface area contributed by atoms with Crippen LogP contribution in [0, 0.1) is 5.82 Å². The molecule has 0 atom stereocenters. The Morgan fingerprint density at radius 1 is 1.36 bits per heavy atom. The fourth-order valence-corrected chi connectivity index (χ4v) is 0.878. The van der Waals surface area contributed by atoms with Crippen molar-refractivity contribution in [3.63, 3.8) is 0 Å². The summed E-state index contributed by atoms with van der Waals surface area (Å²) in [6, 6.07) is 3.75. The summed E-state index contributed by atoms with van der Waals surface area (Å²) in [6.45, 7) is -0.816. The molecule has 0 radical (unpaired) electrons. The molecule has 0 aliphatic heterocycles. The minimum Gasteiger partial charge on any atom is -0.497 e. The van der Waals surface area contributed by atoms with E-state index in [2.05, 4.69) is 4.74 Å². The van der Waals surface area contributed by atoms with E-state index >= 15 is 0 Å². The summed E-state index contributed by atoms with van der Waals surface area (Å²) in [5.74, 6) is -0.608. The second-order valence-corrected chi connectivity index (χ2v) is 2.50. The van der Waals surface area contributed by atoms with E-state index in [1.54, 1.807) is 0 Å². The molecule has 1 rings (SSSR count). The van der Waals surface area contributed by atoms with Crippen LogP contribution < -0.4 is 9.47 Å². The average Bonchev–Trinajstić information content (AvgIpc) is 2.15. The van der Waals surface area contributed by atoms with E-state index in [0.29, 0.717) is 5.75 Å². The molecule has 78 valence electrons. The Hall–Kier alpha value is -1.39. The van der Waals surface area contributed by atoms with E-state index in [-0.39, 0.29) is 5.75 Å². The van der Waals surface area contributed by atoms with Crippen molar-refractivity contribution in [3.05, 3.63) is 24.0 Å². The molecule has 5 heteroatoms. The number of ether oxygens (including phenoxy) is 2. The van der Waals surface area contributed by atoms with Crippen molar-refractivity contribution < 1.29 is 22.6 Å². The molecule has 0 amide bonds. The average molecular weight is 206 g/mol. The summed E-state index contributed by atoms with van der Waals surface area (Å²) >= 11 is 0. The summed E-state index contributed by atoms with van der Waals surface area (Å²) in [4.78, 5) is 0. The summed E-state index contributed by atoms with van der Waals surface area (Å²) in [5, 5.41) is 0. The van der Waals surface area contributed by atoms with Crippen LogP contribution in [0.15, 0.2) is 18.2 Å². The lowest BCUT2D eigenvalue weighted by molar-refractivity contribution is 0.0799. The van der Waals surface area contributed by atoms with E-state index in [9.17, 15) is 13.2 Å². The third kappa shape index (κ3) is 2.83. The number of alkyl halides is 2. The van der Waals surface area contributed by atoms with Gasteiger partial charge >= 0.3 is 0 Å². The molecule has 0 bridgehead atoms. The predicted molar refractivity (Wildman–Crippen MR) is 44.5 cm³/mol. The van der Waals surface area contributed by atoms with Crippen LogP contribution in [-0.4, -0.2) is 20.1 Å². The van der Waals surface area contributed by atoms with Gasteiger partial charge in [-0.25, -0.2) is 13.2 Å². The SMILES string of the molecule is COc1ccc(OCC(F)F)c(F)c1. The van der Waals surface area contributed by atoms with E-state index in [1.807, 2.05) is 0 Å². The zero-order chi connectivity index (χ0) is 10.6. The van der Waals surface area contributed by atoms with Gasteiger partial charge in [-0.1, -0.05) is 0 Å². The first kappa shape index (κ1) is 10.7. The first-order valence-corrected chi connectivity index (χ1v) is 3.88. The zero-order valence-electron chi connectivity index (χ0n) is 7.47. The molecule has 1 aromatic carbocycles. The number of benzene rings is 1. The fraction of sp³-hybridized carbons (Fsp3) is 0.333. The van der Waals surface area contributed by atoms with Gasteiger partial charge in [-0.05, 0) is 12.1 Å². The Kier molecular flexibility index (Phi) is 3.62. The monoisotopic (exact) mass is 206 g/mol. The molecular weight excluding hydrogens is 197 g/mol. The minimum atomic E-state index is -2.61. The molecular formula is C9H9F3O2. The Morgan fingerprint density at radius 2 is 2.07 bits per heavy atom. The highest BCUT2D eigenvalue weighted by Crippen LogP contribution is 2.22. The van der Waals surface area contributed by atoms with E-state index < -0.39 is 18.8 Å². The maximum Gasteiger partial charge on any atom is 0.272 e. The second-order valence-electron chi connectivity index (χ2n) is 2.50. The third-order valence-electron chi connectivity index (χ3n) is 1.50. The molecule has 0 saturated carbocycles. The molecule has 0 N–H and O–H groups in total. The van der Waals surface area contributed by atoms with Gasteiger partial charge in [0, 0.05) is 6.07 Å². The normalized spacial score (nSPS) is 10.4. The maximum absolute atomic E-state index is 13.0. The lowest BCUT2D eigenvalue weighted by Crippen LogP contribution is -2.07. The van der Waals surface area contributed by atoms with Crippen LogP contribution in [0.3, 0.4) is 0 Å².